The molecule has 2 aromatic carbocycles. The molecule has 0 saturated heterocycles. The smallest absolute Gasteiger partial charge is 0.140 e. The minimum absolute atomic E-state index is 0.157. The maximum atomic E-state index is 11.8. The second-order valence-electron chi connectivity index (χ2n) is 4.82. The van der Waals surface area contributed by atoms with Gasteiger partial charge in [0.25, 0.3) is 0 Å². The van der Waals surface area contributed by atoms with Crippen LogP contribution in [0, 0.1) is 0 Å². The second kappa shape index (κ2) is 3.33. The molecule has 0 radical (unpaired) electrons. The summed E-state index contributed by atoms with van der Waals surface area (Å²) in [6.45, 7) is 1.62. The van der Waals surface area contributed by atoms with E-state index in [0.717, 1.165) is 29.2 Å². The van der Waals surface area contributed by atoms with E-state index in [1.54, 1.807) is 13.0 Å². The molecule has 2 heteroatoms. The van der Waals surface area contributed by atoms with Gasteiger partial charge in [0.1, 0.15) is 11.5 Å². The second-order valence-corrected chi connectivity index (χ2v) is 4.82. The number of benzene rings is 2. The Morgan fingerprint density at radius 3 is 2.53 bits per heavy atom. The molecule has 86 valence electrons. The van der Waals surface area contributed by atoms with Gasteiger partial charge in [-0.1, -0.05) is 30.3 Å². The van der Waals surface area contributed by atoms with Crippen molar-refractivity contribution in [2.45, 2.75) is 25.2 Å². The van der Waals surface area contributed by atoms with Crippen molar-refractivity contribution in [2.24, 2.45) is 0 Å². The number of phenols is 1. The highest BCUT2D eigenvalue weighted by atomic mass is 16.3. The quantitative estimate of drug-likeness (QED) is 0.854. The Kier molecular flexibility index (Phi) is 2.02. The molecule has 0 bridgehead atoms. The molecule has 0 aromatic heterocycles. The molecule has 1 aliphatic rings. The molecule has 1 fully saturated rings. The molecule has 2 aromatic rings. The molecule has 0 aliphatic heterocycles. The first-order chi connectivity index (χ1) is 8.15. The summed E-state index contributed by atoms with van der Waals surface area (Å²) in [5.41, 5.74) is 0.397. The number of carbonyl (C=O) groups is 1. The van der Waals surface area contributed by atoms with Gasteiger partial charge in [-0.3, -0.25) is 4.79 Å². The number of carbonyl (C=O) groups excluding carboxylic acids is 1. The third kappa shape index (κ3) is 1.37. The Morgan fingerprint density at radius 1 is 1.18 bits per heavy atom. The summed E-state index contributed by atoms with van der Waals surface area (Å²) in [6.07, 6.45) is 1.70. The summed E-state index contributed by atoms with van der Waals surface area (Å²) >= 11 is 0. The van der Waals surface area contributed by atoms with Crippen LogP contribution in [-0.4, -0.2) is 10.9 Å². The molecule has 0 unspecified atom stereocenters. The predicted octanol–water partition coefficient (Wildman–Crippen LogP) is 3.17. The lowest BCUT2D eigenvalue weighted by Crippen LogP contribution is -2.17. The molecular formula is C15H14O2. The van der Waals surface area contributed by atoms with Crippen LogP contribution >= 0.6 is 0 Å². The van der Waals surface area contributed by atoms with Crippen molar-refractivity contribution < 1.29 is 9.90 Å². The van der Waals surface area contributed by atoms with Gasteiger partial charge in [-0.05, 0) is 36.6 Å². The monoisotopic (exact) mass is 226 g/mol. The van der Waals surface area contributed by atoms with Gasteiger partial charge in [0.15, 0.2) is 0 Å². The highest BCUT2D eigenvalue weighted by Crippen LogP contribution is 2.53. The summed E-state index contributed by atoms with van der Waals surface area (Å²) in [6, 6.07) is 11.5. The maximum absolute atomic E-state index is 11.8. The van der Waals surface area contributed by atoms with E-state index in [2.05, 4.69) is 0 Å². The Bertz CT molecular complexity index is 609. The van der Waals surface area contributed by atoms with E-state index in [0.29, 0.717) is 0 Å². The van der Waals surface area contributed by atoms with E-state index >= 15 is 0 Å². The topological polar surface area (TPSA) is 37.3 Å². The van der Waals surface area contributed by atoms with Gasteiger partial charge < -0.3 is 5.11 Å². The van der Waals surface area contributed by atoms with Crippen molar-refractivity contribution in [1.82, 2.24) is 0 Å². The third-order valence-corrected chi connectivity index (χ3v) is 3.81. The van der Waals surface area contributed by atoms with Crippen LogP contribution in [0.2, 0.25) is 0 Å². The summed E-state index contributed by atoms with van der Waals surface area (Å²) in [5.74, 6) is 0.403. The molecule has 0 atom stereocenters. The van der Waals surface area contributed by atoms with Crippen LogP contribution in [-0.2, 0) is 10.2 Å². The fourth-order valence-electron chi connectivity index (χ4n) is 2.67. The zero-order valence-corrected chi connectivity index (χ0v) is 9.73. The van der Waals surface area contributed by atoms with Crippen LogP contribution in [0.25, 0.3) is 10.8 Å². The summed E-state index contributed by atoms with van der Waals surface area (Å²) in [5, 5.41) is 12.2. The van der Waals surface area contributed by atoms with Gasteiger partial charge in [-0.2, -0.15) is 0 Å². The van der Waals surface area contributed by atoms with Gasteiger partial charge in [-0.15, -0.1) is 0 Å². The van der Waals surface area contributed by atoms with Crippen LogP contribution in [0.3, 0.4) is 0 Å². The maximum Gasteiger partial charge on any atom is 0.140 e. The normalized spacial score (nSPS) is 17.0. The SMILES string of the molecule is CC(=O)C1(c2c(O)ccc3ccccc23)CC1. The number of rotatable bonds is 2. The van der Waals surface area contributed by atoms with Crippen LogP contribution in [0.4, 0.5) is 0 Å². The molecule has 3 rings (SSSR count). The highest BCUT2D eigenvalue weighted by Gasteiger charge is 2.51. The number of phenolic OH excluding ortho intramolecular Hbond substituents is 1. The molecule has 1 N–H and O–H groups in total. The first-order valence-electron chi connectivity index (χ1n) is 5.87. The lowest BCUT2D eigenvalue weighted by atomic mass is 9.87. The summed E-state index contributed by atoms with van der Waals surface area (Å²) < 4.78 is 0. The van der Waals surface area contributed by atoms with Gasteiger partial charge >= 0.3 is 0 Å². The third-order valence-electron chi connectivity index (χ3n) is 3.81. The van der Waals surface area contributed by atoms with Crippen molar-refractivity contribution in [2.75, 3.05) is 0 Å². The standard InChI is InChI=1S/C15H14O2/c1-10(16)15(8-9-15)14-12-5-3-2-4-11(12)6-7-13(14)17/h2-7,17H,8-9H2,1H3. The zero-order chi connectivity index (χ0) is 12.0. The number of hydrogen-bond donors (Lipinski definition) is 1. The van der Waals surface area contributed by atoms with E-state index in [4.69, 9.17) is 0 Å². The molecule has 1 aliphatic carbocycles. The number of aromatic hydroxyl groups is 1. The highest BCUT2D eigenvalue weighted by molar-refractivity contribution is 5.99. The van der Waals surface area contributed by atoms with Gasteiger partial charge in [0.05, 0.1) is 5.41 Å². The van der Waals surface area contributed by atoms with E-state index in [1.165, 1.54) is 0 Å². The summed E-state index contributed by atoms with van der Waals surface area (Å²) in [7, 11) is 0. The molecule has 17 heavy (non-hydrogen) atoms. The van der Waals surface area contributed by atoms with Gasteiger partial charge in [0, 0.05) is 5.56 Å². The number of fused-ring (bicyclic) bond motifs is 1. The molecular weight excluding hydrogens is 212 g/mol. The van der Waals surface area contributed by atoms with Crippen molar-refractivity contribution in [3.63, 3.8) is 0 Å². The number of ketones is 1. The Labute approximate surface area is 99.9 Å². The Balaban J connectivity index is 2.35. The first-order valence-corrected chi connectivity index (χ1v) is 5.87. The largest absolute Gasteiger partial charge is 0.508 e. The van der Waals surface area contributed by atoms with Crippen molar-refractivity contribution in [3.05, 3.63) is 42.0 Å². The van der Waals surface area contributed by atoms with E-state index in [1.807, 2.05) is 30.3 Å². The molecule has 1 saturated carbocycles. The number of hydrogen-bond acceptors (Lipinski definition) is 2. The minimum Gasteiger partial charge on any atom is -0.508 e. The first kappa shape index (κ1) is 10.3. The van der Waals surface area contributed by atoms with E-state index in [-0.39, 0.29) is 11.5 Å². The number of Topliss-reactive ketones (excluding diaryl/α,β-unsaturated/α-hetero) is 1. The van der Waals surface area contributed by atoms with E-state index in [9.17, 15) is 9.90 Å². The fraction of sp³-hybridized carbons (Fsp3) is 0.267. The Morgan fingerprint density at radius 2 is 1.88 bits per heavy atom. The average molecular weight is 226 g/mol. The average Bonchev–Trinajstić information content (AvgIpc) is 3.10. The lowest BCUT2D eigenvalue weighted by Gasteiger charge is -2.16. The predicted molar refractivity (Wildman–Crippen MR) is 67.2 cm³/mol. The molecule has 0 spiro atoms. The fourth-order valence-corrected chi connectivity index (χ4v) is 2.67. The molecule has 0 amide bonds. The molecule has 2 nitrogen and oxygen atoms in total. The van der Waals surface area contributed by atoms with Crippen LogP contribution in [0.1, 0.15) is 25.3 Å². The molecule has 0 heterocycles. The lowest BCUT2D eigenvalue weighted by molar-refractivity contribution is -0.119. The Hall–Kier alpha value is -1.83. The van der Waals surface area contributed by atoms with Crippen molar-refractivity contribution >= 4 is 16.6 Å². The van der Waals surface area contributed by atoms with Crippen molar-refractivity contribution in [1.29, 1.82) is 0 Å². The van der Waals surface area contributed by atoms with Crippen LogP contribution in [0.5, 0.6) is 5.75 Å². The van der Waals surface area contributed by atoms with Crippen molar-refractivity contribution in [3.8, 4) is 5.75 Å². The van der Waals surface area contributed by atoms with Crippen LogP contribution < -0.4 is 0 Å². The van der Waals surface area contributed by atoms with Gasteiger partial charge in [0.2, 0.25) is 0 Å². The zero-order valence-electron chi connectivity index (χ0n) is 9.73. The van der Waals surface area contributed by atoms with Crippen LogP contribution in [0.15, 0.2) is 36.4 Å². The minimum atomic E-state index is -0.426. The van der Waals surface area contributed by atoms with E-state index < -0.39 is 5.41 Å². The summed E-state index contributed by atoms with van der Waals surface area (Å²) in [4.78, 5) is 11.8. The van der Waals surface area contributed by atoms with Gasteiger partial charge in [-0.25, -0.2) is 0 Å².